The van der Waals surface area contributed by atoms with E-state index in [9.17, 15) is 4.79 Å². The van der Waals surface area contributed by atoms with E-state index in [-0.39, 0.29) is 5.97 Å². The molecule has 0 amide bonds. The van der Waals surface area contributed by atoms with E-state index in [1.54, 1.807) is 0 Å². The van der Waals surface area contributed by atoms with E-state index < -0.39 is 6.04 Å². The second-order valence-electron chi connectivity index (χ2n) is 9.35. The molecule has 0 spiro atoms. The first-order chi connectivity index (χ1) is 17.5. The topological polar surface area (TPSA) is 74.6 Å². The number of aromatic nitrogens is 2. The molecule has 7 heteroatoms. The number of fused-ring (bicyclic) bond motifs is 3. The van der Waals surface area contributed by atoms with Crippen molar-refractivity contribution in [3.05, 3.63) is 59.3 Å². The smallest absolute Gasteiger partial charge is 0.338 e. The van der Waals surface area contributed by atoms with Gasteiger partial charge < -0.3 is 19.5 Å². The third kappa shape index (κ3) is 5.20. The van der Waals surface area contributed by atoms with Crippen molar-refractivity contribution >= 4 is 23.0 Å². The van der Waals surface area contributed by atoms with Crippen molar-refractivity contribution in [2.24, 2.45) is 5.92 Å². The molecule has 1 aromatic heterocycles. The first-order valence-corrected chi connectivity index (χ1v) is 13.0. The Morgan fingerprint density at radius 1 is 1.06 bits per heavy atom. The molecule has 0 aliphatic carbocycles. The molecule has 4 rings (SSSR count). The van der Waals surface area contributed by atoms with Crippen molar-refractivity contribution in [1.29, 1.82) is 0 Å². The summed E-state index contributed by atoms with van der Waals surface area (Å²) in [6.07, 6.45) is 2.55. The third-order valence-electron chi connectivity index (χ3n) is 6.25. The summed E-state index contributed by atoms with van der Waals surface area (Å²) in [5, 5.41) is 3.44. The molecule has 1 aliphatic heterocycles. The summed E-state index contributed by atoms with van der Waals surface area (Å²) in [4.78, 5) is 18.3. The molecule has 1 atom stereocenters. The predicted octanol–water partition coefficient (Wildman–Crippen LogP) is 6.49. The van der Waals surface area contributed by atoms with Crippen LogP contribution in [0.3, 0.4) is 0 Å². The molecule has 3 aromatic rings. The second-order valence-corrected chi connectivity index (χ2v) is 9.35. The highest BCUT2D eigenvalue weighted by molar-refractivity contribution is 5.94. The molecule has 0 saturated heterocycles. The van der Waals surface area contributed by atoms with Gasteiger partial charge in [-0.3, -0.25) is 4.57 Å². The Labute approximate surface area is 213 Å². The summed E-state index contributed by atoms with van der Waals surface area (Å²) in [6.45, 7) is 11.7. The molecular formula is C29H37N3O4. The quantitative estimate of drug-likeness (QED) is 0.309. The Kier molecular flexibility index (Phi) is 8.18. The number of ether oxygens (including phenoxy) is 3. The van der Waals surface area contributed by atoms with Gasteiger partial charge in [-0.15, -0.1) is 0 Å². The summed E-state index contributed by atoms with van der Waals surface area (Å²) in [7, 11) is 0. The first kappa shape index (κ1) is 25.6. The summed E-state index contributed by atoms with van der Waals surface area (Å²) < 4.78 is 19.7. The standard InChI is InChI=1S/C29H37N3O4/c1-6-11-22-26(28(33)35-8-3)27(32-23-13-10-9-12-21(23)30-29(32)31-22)20-14-15-24(25(18-20)34-7-2)36-17-16-19(4)5/h9-10,12-15,18-19,27H,6-8,11,16-17H2,1-5H3,(H,30,31)/t27-/m0/s1. The molecule has 192 valence electrons. The second kappa shape index (κ2) is 11.5. The molecule has 2 aromatic carbocycles. The molecule has 0 saturated carbocycles. The fourth-order valence-corrected chi connectivity index (χ4v) is 4.58. The molecule has 36 heavy (non-hydrogen) atoms. The van der Waals surface area contributed by atoms with Gasteiger partial charge in [0.1, 0.15) is 0 Å². The number of nitrogens with one attached hydrogen (secondary N) is 1. The molecule has 1 aliphatic rings. The molecule has 0 fully saturated rings. The SMILES string of the molecule is CCCC1=C(C(=O)OCC)[C@H](c2ccc(OCCC(C)C)c(OCC)c2)n2c(nc3ccccc32)N1. The Morgan fingerprint density at radius 3 is 2.58 bits per heavy atom. The molecule has 1 N–H and O–H groups in total. The highest BCUT2D eigenvalue weighted by atomic mass is 16.5. The van der Waals surface area contributed by atoms with Crippen LogP contribution in [0.2, 0.25) is 0 Å². The number of nitrogens with zero attached hydrogens (tertiary/aromatic N) is 2. The van der Waals surface area contributed by atoms with Crippen molar-refractivity contribution in [2.75, 3.05) is 25.1 Å². The van der Waals surface area contributed by atoms with E-state index in [1.807, 2.05) is 56.3 Å². The molecular weight excluding hydrogens is 454 g/mol. The van der Waals surface area contributed by atoms with Gasteiger partial charge >= 0.3 is 5.97 Å². The molecule has 2 heterocycles. The van der Waals surface area contributed by atoms with Crippen molar-refractivity contribution in [3.8, 4) is 11.5 Å². The number of imidazole rings is 1. The third-order valence-corrected chi connectivity index (χ3v) is 6.25. The number of rotatable bonds is 11. The highest BCUT2D eigenvalue weighted by Gasteiger charge is 2.36. The predicted molar refractivity (Wildman–Crippen MR) is 143 cm³/mol. The van der Waals surface area contributed by atoms with Crippen molar-refractivity contribution in [2.45, 2.75) is 59.9 Å². The van der Waals surface area contributed by atoms with Gasteiger partial charge in [0.2, 0.25) is 5.95 Å². The number of hydrogen-bond acceptors (Lipinski definition) is 6. The molecule has 0 radical (unpaired) electrons. The normalized spacial score (nSPS) is 15.1. The zero-order valence-corrected chi connectivity index (χ0v) is 22.0. The summed E-state index contributed by atoms with van der Waals surface area (Å²) in [6, 6.07) is 13.5. The first-order valence-electron chi connectivity index (χ1n) is 13.0. The zero-order chi connectivity index (χ0) is 25.7. The Morgan fingerprint density at radius 2 is 1.86 bits per heavy atom. The number of carbonyl (C=O) groups excluding carboxylic acids is 1. The van der Waals surface area contributed by atoms with Gasteiger partial charge in [-0.25, -0.2) is 9.78 Å². The lowest BCUT2D eigenvalue weighted by atomic mass is 9.93. The fourth-order valence-electron chi connectivity index (χ4n) is 4.58. The van der Waals surface area contributed by atoms with Crippen LogP contribution >= 0.6 is 0 Å². The van der Waals surface area contributed by atoms with Crippen LogP contribution < -0.4 is 14.8 Å². The maximum atomic E-state index is 13.4. The van der Waals surface area contributed by atoms with E-state index in [1.165, 1.54) is 0 Å². The summed E-state index contributed by atoms with van der Waals surface area (Å²) in [5.74, 6) is 2.33. The van der Waals surface area contributed by atoms with Gasteiger partial charge in [0.15, 0.2) is 11.5 Å². The average Bonchev–Trinajstić information content (AvgIpc) is 3.22. The lowest BCUT2D eigenvalue weighted by molar-refractivity contribution is -0.139. The minimum Gasteiger partial charge on any atom is -0.490 e. The minimum absolute atomic E-state index is 0.304. The van der Waals surface area contributed by atoms with Crippen LogP contribution in [-0.4, -0.2) is 35.3 Å². The van der Waals surface area contributed by atoms with Crippen LogP contribution in [0.15, 0.2) is 53.7 Å². The zero-order valence-electron chi connectivity index (χ0n) is 22.0. The number of hydrogen-bond donors (Lipinski definition) is 1. The van der Waals surface area contributed by atoms with Crippen LogP contribution in [0.25, 0.3) is 11.0 Å². The Balaban J connectivity index is 1.88. The van der Waals surface area contributed by atoms with E-state index >= 15 is 0 Å². The maximum absolute atomic E-state index is 13.4. The van der Waals surface area contributed by atoms with Crippen LogP contribution in [0.1, 0.15) is 65.5 Å². The van der Waals surface area contributed by atoms with E-state index in [0.29, 0.717) is 55.2 Å². The van der Waals surface area contributed by atoms with Gasteiger partial charge in [-0.05, 0) is 62.4 Å². The summed E-state index contributed by atoms with van der Waals surface area (Å²) >= 11 is 0. The van der Waals surface area contributed by atoms with Crippen molar-refractivity contribution in [1.82, 2.24) is 9.55 Å². The van der Waals surface area contributed by atoms with Crippen LogP contribution in [0.4, 0.5) is 5.95 Å². The van der Waals surface area contributed by atoms with Crippen molar-refractivity contribution < 1.29 is 19.0 Å². The average molecular weight is 492 g/mol. The number of anilines is 1. The summed E-state index contributed by atoms with van der Waals surface area (Å²) in [5.41, 5.74) is 4.17. The molecule has 7 nitrogen and oxygen atoms in total. The maximum Gasteiger partial charge on any atom is 0.338 e. The lowest BCUT2D eigenvalue weighted by Gasteiger charge is -2.31. The number of para-hydroxylation sites is 2. The van der Waals surface area contributed by atoms with E-state index in [0.717, 1.165) is 35.1 Å². The van der Waals surface area contributed by atoms with Gasteiger partial charge in [-0.2, -0.15) is 0 Å². The lowest BCUT2D eigenvalue weighted by Crippen LogP contribution is -2.29. The van der Waals surface area contributed by atoms with Gasteiger partial charge in [0.05, 0.1) is 42.5 Å². The number of benzene rings is 2. The molecule has 0 unspecified atom stereocenters. The highest BCUT2D eigenvalue weighted by Crippen LogP contribution is 2.42. The Hall–Kier alpha value is -3.48. The van der Waals surface area contributed by atoms with Gasteiger partial charge in [-0.1, -0.05) is 45.4 Å². The van der Waals surface area contributed by atoms with E-state index in [2.05, 4.69) is 30.7 Å². The van der Waals surface area contributed by atoms with E-state index in [4.69, 9.17) is 19.2 Å². The van der Waals surface area contributed by atoms with Crippen LogP contribution in [-0.2, 0) is 9.53 Å². The van der Waals surface area contributed by atoms with Crippen LogP contribution in [0, 0.1) is 5.92 Å². The number of esters is 1. The van der Waals surface area contributed by atoms with Gasteiger partial charge in [0, 0.05) is 5.70 Å². The largest absolute Gasteiger partial charge is 0.490 e. The number of carbonyl (C=O) groups is 1. The number of allylic oxidation sites excluding steroid dienone is 1. The van der Waals surface area contributed by atoms with Gasteiger partial charge in [0.25, 0.3) is 0 Å². The Bertz CT molecular complexity index is 1240. The van der Waals surface area contributed by atoms with Crippen molar-refractivity contribution in [3.63, 3.8) is 0 Å². The van der Waals surface area contributed by atoms with Crippen LogP contribution in [0.5, 0.6) is 11.5 Å². The minimum atomic E-state index is -0.418. The monoisotopic (exact) mass is 491 g/mol. The molecule has 0 bridgehead atoms. The fraction of sp³-hybridized carbons (Fsp3) is 0.448.